The molecule has 0 aromatic heterocycles. The number of nitrogens with two attached hydrogens (primary N) is 4. The van der Waals surface area contributed by atoms with Gasteiger partial charge >= 0.3 is 12.0 Å². The second kappa shape index (κ2) is 19.4. The van der Waals surface area contributed by atoms with E-state index in [4.69, 9.17) is 22.9 Å². The quantitative estimate of drug-likeness (QED) is 0.0370. The van der Waals surface area contributed by atoms with Crippen molar-refractivity contribution in [1.29, 1.82) is 0 Å². The lowest BCUT2D eigenvalue weighted by Crippen LogP contribution is -2.58. The van der Waals surface area contributed by atoms with Gasteiger partial charge in [0.2, 0.25) is 11.8 Å². The zero-order valence-electron chi connectivity index (χ0n) is 24.5. The van der Waals surface area contributed by atoms with Crippen LogP contribution >= 0.6 is 0 Å². The molecular weight excluding hydrogens is 560 g/mol. The normalized spacial score (nSPS) is 13.5. The summed E-state index contributed by atoms with van der Waals surface area (Å²) in [6.45, 7) is 3.92. The topological polar surface area (TPSA) is 282 Å². The van der Waals surface area contributed by atoms with E-state index in [1.54, 1.807) is 44.2 Å². The number of carboxylic acid groups (broad SMARTS) is 1. The summed E-state index contributed by atoms with van der Waals surface area (Å²) < 4.78 is 0. The smallest absolute Gasteiger partial charge is 0.326 e. The van der Waals surface area contributed by atoms with Crippen LogP contribution < -0.4 is 44.2 Å². The van der Waals surface area contributed by atoms with Crippen molar-refractivity contribution >= 4 is 42.0 Å². The molecule has 0 aliphatic heterocycles. The number of aldehydes is 1. The minimum Gasteiger partial charge on any atom is -0.480 e. The number of benzene rings is 1. The highest BCUT2D eigenvalue weighted by Crippen LogP contribution is 2.08. The second-order valence-electron chi connectivity index (χ2n) is 10.1. The third kappa shape index (κ3) is 15.2. The molecule has 1 aromatic carbocycles. The molecule has 1 aromatic rings. The number of imide groups is 1. The lowest BCUT2D eigenvalue weighted by molar-refractivity contribution is -0.139. The highest BCUT2D eigenvalue weighted by atomic mass is 16.4. The number of guanidine groups is 2. The highest BCUT2D eigenvalue weighted by molar-refractivity contribution is 6.01. The second-order valence-corrected chi connectivity index (χ2v) is 10.1. The van der Waals surface area contributed by atoms with Crippen LogP contribution in [0.3, 0.4) is 0 Å². The molecule has 16 nitrogen and oxygen atoms in total. The molecule has 43 heavy (non-hydrogen) atoms. The number of rotatable bonds is 19. The Morgan fingerprint density at radius 1 is 0.860 bits per heavy atom. The first-order chi connectivity index (χ1) is 20.3. The Morgan fingerprint density at radius 2 is 1.42 bits per heavy atom. The first kappa shape index (κ1) is 36.3. The van der Waals surface area contributed by atoms with Crippen LogP contribution in [0.15, 0.2) is 40.3 Å². The Balaban J connectivity index is 2.96. The molecule has 13 N–H and O–H groups in total. The molecule has 0 aliphatic rings. The molecule has 1 rings (SSSR count). The van der Waals surface area contributed by atoms with E-state index in [0.717, 1.165) is 0 Å². The maximum atomic E-state index is 13.2. The van der Waals surface area contributed by atoms with Gasteiger partial charge in [0, 0.05) is 19.5 Å². The SMILES string of the molecule is CC(C)[C@H](NC(C=O)CCCN=C(N)N)C(=O)NC(=O)[C@H](CCCN=C(N)N)NC(=O)NC(Cc1ccccc1)C(=O)O. The van der Waals surface area contributed by atoms with Crippen LogP contribution in [0.25, 0.3) is 0 Å². The molecule has 238 valence electrons. The van der Waals surface area contributed by atoms with Crippen molar-refractivity contribution in [2.24, 2.45) is 38.8 Å². The van der Waals surface area contributed by atoms with Gasteiger partial charge < -0.3 is 43.5 Å². The van der Waals surface area contributed by atoms with Gasteiger partial charge in [-0.1, -0.05) is 44.2 Å². The molecule has 2 unspecified atom stereocenters. The molecule has 0 heterocycles. The van der Waals surface area contributed by atoms with Gasteiger partial charge in [-0.3, -0.25) is 30.2 Å². The van der Waals surface area contributed by atoms with Gasteiger partial charge in [-0.15, -0.1) is 0 Å². The number of aliphatic carboxylic acids is 1. The minimum atomic E-state index is -1.28. The molecule has 0 aliphatic carbocycles. The van der Waals surface area contributed by atoms with Crippen LogP contribution in [0.2, 0.25) is 0 Å². The summed E-state index contributed by atoms with van der Waals surface area (Å²) in [7, 11) is 0. The molecule has 0 saturated heterocycles. The summed E-state index contributed by atoms with van der Waals surface area (Å²) in [5.74, 6) is -3.35. The van der Waals surface area contributed by atoms with Crippen LogP contribution in [-0.2, 0) is 25.6 Å². The van der Waals surface area contributed by atoms with Crippen molar-refractivity contribution in [3.63, 3.8) is 0 Å². The standard InChI is InChI=1S/C27H44N10O6/c1-16(2)21(34-18(15-38)10-6-12-32-25(28)29)23(40)37-22(39)19(11-7-13-33-26(30)31)35-27(43)36-20(24(41)42)14-17-8-4-3-5-9-17/h3-5,8-9,15-16,18-21,34H,6-7,10-14H2,1-2H3,(H,41,42)(H4,28,29,32)(H4,30,31,33)(H2,35,36,43)(H,37,39,40)/t18?,19-,20?,21-/m0/s1. The maximum absolute atomic E-state index is 13.2. The number of nitrogens with zero attached hydrogens (tertiary/aromatic N) is 2. The third-order valence-electron chi connectivity index (χ3n) is 6.17. The van der Waals surface area contributed by atoms with Gasteiger partial charge in [0.05, 0.1) is 12.1 Å². The molecule has 0 bridgehead atoms. The monoisotopic (exact) mass is 604 g/mol. The molecular formula is C27H44N10O6. The fourth-order valence-corrected chi connectivity index (χ4v) is 3.98. The number of carbonyl (C=O) groups excluding carboxylic acids is 4. The number of carbonyl (C=O) groups is 5. The number of amides is 4. The van der Waals surface area contributed by atoms with E-state index in [0.29, 0.717) is 31.2 Å². The first-order valence-corrected chi connectivity index (χ1v) is 13.8. The minimum absolute atomic E-state index is 0.00896. The highest BCUT2D eigenvalue weighted by Gasteiger charge is 2.30. The lowest BCUT2D eigenvalue weighted by atomic mass is 10.0. The molecule has 4 atom stereocenters. The van der Waals surface area contributed by atoms with Crippen molar-refractivity contribution in [2.75, 3.05) is 13.1 Å². The average Bonchev–Trinajstić information content (AvgIpc) is 2.93. The summed E-state index contributed by atoms with van der Waals surface area (Å²) in [6.07, 6.45) is 1.76. The van der Waals surface area contributed by atoms with E-state index >= 15 is 0 Å². The van der Waals surface area contributed by atoms with Crippen molar-refractivity contribution in [3.8, 4) is 0 Å². The van der Waals surface area contributed by atoms with E-state index < -0.39 is 48.0 Å². The van der Waals surface area contributed by atoms with Crippen LogP contribution in [0, 0.1) is 5.92 Å². The van der Waals surface area contributed by atoms with Gasteiger partial charge in [0.25, 0.3) is 0 Å². The summed E-state index contributed by atoms with van der Waals surface area (Å²) in [5, 5.41) is 19.7. The Morgan fingerprint density at radius 3 is 1.93 bits per heavy atom. The lowest BCUT2D eigenvalue weighted by Gasteiger charge is -2.26. The number of nitrogens with one attached hydrogen (secondary N) is 4. The van der Waals surface area contributed by atoms with E-state index in [2.05, 4.69) is 31.3 Å². The number of aliphatic imine (C=N–C) groups is 2. The molecule has 16 heteroatoms. The Labute approximate surface area is 250 Å². The molecule has 0 saturated carbocycles. The summed E-state index contributed by atoms with van der Waals surface area (Å²) in [5.41, 5.74) is 22.0. The first-order valence-electron chi connectivity index (χ1n) is 13.8. The van der Waals surface area contributed by atoms with Gasteiger partial charge in [-0.05, 0) is 37.2 Å². The summed E-state index contributed by atoms with van der Waals surface area (Å²) in [4.78, 5) is 70.2. The molecule has 0 radical (unpaired) electrons. The van der Waals surface area contributed by atoms with Gasteiger partial charge in [-0.2, -0.15) is 0 Å². The Hall–Kier alpha value is -4.73. The Bertz CT molecular complexity index is 1120. The molecule has 0 fully saturated rings. The summed E-state index contributed by atoms with van der Waals surface area (Å²) >= 11 is 0. The van der Waals surface area contributed by atoms with E-state index in [-0.39, 0.29) is 43.6 Å². The van der Waals surface area contributed by atoms with E-state index in [1.807, 2.05) is 0 Å². The van der Waals surface area contributed by atoms with Crippen molar-refractivity contribution in [1.82, 2.24) is 21.3 Å². The number of carboxylic acids is 1. The average molecular weight is 605 g/mol. The summed E-state index contributed by atoms with van der Waals surface area (Å²) in [6, 6.07) is 3.63. The van der Waals surface area contributed by atoms with Gasteiger partial charge in [0.15, 0.2) is 11.9 Å². The van der Waals surface area contributed by atoms with Crippen molar-refractivity contribution in [3.05, 3.63) is 35.9 Å². The van der Waals surface area contributed by atoms with Crippen LogP contribution in [0.1, 0.15) is 45.1 Å². The fraction of sp³-hybridized carbons (Fsp3) is 0.519. The third-order valence-corrected chi connectivity index (χ3v) is 6.17. The van der Waals surface area contributed by atoms with Crippen molar-refractivity contribution < 1.29 is 29.1 Å². The number of hydrogen-bond acceptors (Lipinski definition) is 8. The molecule has 0 spiro atoms. The van der Waals surface area contributed by atoms with Gasteiger partial charge in [-0.25, -0.2) is 9.59 Å². The van der Waals surface area contributed by atoms with Crippen LogP contribution in [-0.4, -0.2) is 84.4 Å². The predicted octanol–water partition coefficient (Wildman–Crippen LogP) is -1.72. The fourth-order valence-electron chi connectivity index (χ4n) is 3.98. The van der Waals surface area contributed by atoms with Crippen LogP contribution in [0.4, 0.5) is 4.79 Å². The van der Waals surface area contributed by atoms with E-state index in [9.17, 15) is 29.1 Å². The van der Waals surface area contributed by atoms with Gasteiger partial charge in [0.1, 0.15) is 18.4 Å². The van der Waals surface area contributed by atoms with Crippen LogP contribution in [0.5, 0.6) is 0 Å². The Kier molecular flexibility index (Phi) is 16.4. The zero-order valence-corrected chi connectivity index (χ0v) is 24.5. The van der Waals surface area contributed by atoms with Crippen molar-refractivity contribution in [2.45, 2.75) is 70.1 Å². The predicted molar refractivity (Wildman–Crippen MR) is 162 cm³/mol. The zero-order chi connectivity index (χ0) is 32.4. The maximum Gasteiger partial charge on any atom is 0.326 e. The number of urea groups is 1. The number of hydrogen-bond donors (Lipinski definition) is 9. The molecule has 4 amide bonds. The van der Waals surface area contributed by atoms with E-state index in [1.165, 1.54) is 0 Å². The largest absolute Gasteiger partial charge is 0.480 e.